The Morgan fingerprint density at radius 2 is 1.42 bits per heavy atom. The van der Waals surface area contributed by atoms with Crippen LogP contribution in [0.15, 0.2) is 0 Å². The van der Waals surface area contributed by atoms with Crippen molar-refractivity contribution >= 4 is 17.2 Å². The maximum Gasteiger partial charge on any atom is 0.140 e. The second-order valence-electron chi connectivity index (χ2n) is 4.02. The molecule has 0 amide bonds. The van der Waals surface area contributed by atoms with Gasteiger partial charge in [0.25, 0.3) is 0 Å². The fourth-order valence-electron chi connectivity index (χ4n) is 0.775. The Morgan fingerprint density at radius 3 is 1.42 bits per heavy atom. The average molecular weight is 209 g/mol. The lowest BCUT2D eigenvalue weighted by Crippen LogP contribution is -2.49. The lowest BCUT2D eigenvalue weighted by molar-refractivity contribution is 0.0773. The summed E-state index contributed by atoms with van der Waals surface area (Å²) in [5.74, 6) is 0. The summed E-state index contributed by atoms with van der Waals surface area (Å²) in [6.45, 7) is 11.2. The molecule has 12 heavy (non-hydrogen) atoms. The fourth-order valence-corrected chi connectivity index (χ4v) is 6.97. The van der Waals surface area contributed by atoms with Crippen LogP contribution in [0.3, 0.4) is 0 Å². The van der Waals surface area contributed by atoms with Crippen LogP contribution >= 0.6 is 0 Å². The van der Waals surface area contributed by atoms with Crippen molar-refractivity contribution in [3.63, 3.8) is 0 Å². The van der Waals surface area contributed by atoms with Crippen LogP contribution in [0.1, 0.15) is 0 Å². The van der Waals surface area contributed by atoms with Gasteiger partial charge in [-0.25, -0.2) is 0 Å². The fraction of sp³-hybridized carbons (Fsp3) is 1.00. The van der Waals surface area contributed by atoms with Gasteiger partial charge >= 0.3 is 0 Å². The van der Waals surface area contributed by atoms with E-state index >= 15 is 0 Å². The third-order valence-corrected chi connectivity index (χ3v) is 9.37. The van der Waals surface area contributed by atoms with Crippen LogP contribution in [0.5, 0.6) is 0 Å². The maximum atomic E-state index is 7.12. The van der Waals surface area contributed by atoms with Gasteiger partial charge in [-0.3, -0.25) is 0 Å². The van der Waals surface area contributed by atoms with Crippen molar-refractivity contribution in [2.45, 2.75) is 32.7 Å². The smallest absolute Gasteiger partial charge is 0.140 e. The average Bonchev–Trinajstić information content (AvgIpc) is 1.85. The van der Waals surface area contributed by atoms with E-state index < -0.39 is 24.0 Å². The van der Waals surface area contributed by atoms with Gasteiger partial charge in [-0.2, -0.15) is 0 Å². The molecule has 0 spiro atoms. The number of aliphatic hydroxyl groups excluding tert-OH is 1. The van der Waals surface area contributed by atoms with Gasteiger partial charge in [0, 0.05) is 0 Å². The first kappa shape index (κ1) is 14.8. The molecule has 5 heteroatoms. The molecular formula is C7H23NO2Si2. The number of hydrogen-bond donors (Lipinski definition) is 2. The Balaban J connectivity index is 0. The third-order valence-electron chi connectivity index (χ3n) is 1.83. The van der Waals surface area contributed by atoms with Crippen LogP contribution in [-0.4, -0.2) is 45.5 Å². The molecule has 0 aliphatic rings. The summed E-state index contributed by atoms with van der Waals surface area (Å²) in [6, 6.07) is 0. The molecule has 0 rings (SSSR count). The molecular weight excluding hydrogens is 186 g/mol. The molecule has 2 N–H and O–H groups in total. The maximum absolute atomic E-state index is 7.12. The minimum atomic E-state index is -0.929. The highest BCUT2D eigenvalue weighted by Crippen LogP contribution is 2.07. The zero-order valence-corrected chi connectivity index (χ0v) is 11.3. The lowest BCUT2D eigenvalue weighted by Gasteiger charge is -2.33. The number of aliphatic hydroxyl groups is 2. The predicted molar refractivity (Wildman–Crippen MR) is 59.3 cm³/mol. The molecule has 0 bridgehead atoms. The Morgan fingerprint density at radius 1 is 1.17 bits per heavy atom. The molecule has 0 heterocycles. The van der Waals surface area contributed by atoms with Crippen molar-refractivity contribution in [2.24, 2.45) is 0 Å². The summed E-state index contributed by atoms with van der Waals surface area (Å²) in [4.78, 5) is 0. The van der Waals surface area contributed by atoms with Crippen LogP contribution in [0.25, 0.3) is 0 Å². The van der Waals surface area contributed by atoms with Gasteiger partial charge in [0.2, 0.25) is 0 Å². The summed E-state index contributed by atoms with van der Waals surface area (Å²) in [5, 5.41) is 14.2. The first-order valence-corrected chi connectivity index (χ1v) is 10.5. The quantitative estimate of drug-likeness (QED) is 0.519. The molecule has 0 radical (unpaired) electrons. The normalized spacial score (nSPS) is 11.5. The van der Waals surface area contributed by atoms with Crippen molar-refractivity contribution < 1.29 is 10.2 Å². The summed E-state index contributed by atoms with van der Waals surface area (Å²) >= 11 is 0. The van der Waals surface area contributed by atoms with Gasteiger partial charge in [0.15, 0.2) is 0 Å². The van der Waals surface area contributed by atoms with Gasteiger partial charge in [-0.05, 0) is 7.05 Å². The third kappa shape index (κ3) is 8.41. The molecule has 76 valence electrons. The molecule has 0 aromatic heterocycles. The summed E-state index contributed by atoms with van der Waals surface area (Å²) < 4.78 is 2.63. The summed E-state index contributed by atoms with van der Waals surface area (Å²) in [7, 11) is 0.858. The summed E-state index contributed by atoms with van der Waals surface area (Å²) in [5.41, 5.74) is 0. The SMILES string of the molecule is CN([SiH](C)C)[Si](C)(C)C.OCO. The zero-order valence-electron chi connectivity index (χ0n) is 9.13. The van der Waals surface area contributed by atoms with Gasteiger partial charge in [-0.15, -0.1) is 0 Å². The Bertz CT molecular complexity index is 104. The van der Waals surface area contributed by atoms with E-state index in [-0.39, 0.29) is 0 Å². The number of nitrogens with zero attached hydrogens (tertiary/aromatic N) is 1. The van der Waals surface area contributed by atoms with E-state index in [1.165, 1.54) is 0 Å². The van der Waals surface area contributed by atoms with Crippen molar-refractivity contribution in [1.82, 2.24) is 4.23 Å². The number of hydrogen-bond acceptors (Lipinski definition) is 3. The van der Waals surface area contributed by atoms with Gasteiger partial charge in [-0.1, -0.05) is 32.7 Å². The van der Waals surface area contributed by atoms with Crippen LogP contribution in [-0.2, 0) is 0 Å². The molecule has 0 fully saturated rings. The standard InChI is InChI=1S/C6H19NSi2.CH4O2/c1-7(8(2)3)9(4,5)6;2-1-3/h8H,1-6H3;2-3H,1H2. The Kier molecular flexibility index (Phi) is 8.38. The largest absolute Gasteiger partial charge is 0.371 e. The van der Waals surface area contributed by atoms with Gasteiger partial charge in [0.05, 0.1) is 8.96 Å². The van der Waals surface area contributed by atoms with E-state index in [0.717, 1.165) is 0 Å². The molecule has 0 saturated carbocycles. The first-order valence-electron chi connectivity index (χ1n) is 4.22. The zero-order chi connectivity index (χ0) is 10.4. The van der Waals surface area contributed by atoms with E-state index in [2.05, 4.69) is 44.0 Å². The van der Waals surface area contributed by atoms with E-state index in [1.54, 1.807) is 0 Å². The molecule has 3 nitrogen and oxygen atoms in total. The Hall–Kier alpha value is 0.314. The Labute approximate surface area is 78.8 Å². The minimum absolute atomic E-state index is 0.495. The van der Waals surface area contributed by atoms with Crippen molar-refractivity contribution in [1.29, 1.82) is 0 Å². The molecule has 0 saturated heterocycles. The van der Waals surface area contributed by atoms with E-state index in [0.29, 0.717) is 0 Å². The predicted octanol–water partition coefficient (Wildman–Crippen LogP) is 0.665. The monoisotopic (exact) mass is 209 g/mol. The minimum Gasteiger partial charge on any atom is -0.371 e. The second kappa shape index (κ2) is 6.79. The molecule has 0 aliphatic carbocycles. The van der Waals surface area contributed by atoms with Crippen LogP contribution in [0.4, 0.5) is 0 Å². The molecule has 0 aliphatic heterocycles. The molecule has 0 atom stereocenters. The van der Waals surface area contributed by atoms with Crippen LogP contribution in [0, 0.1) is 0 Å². The van der Waals surface area contributed by atoms with E-state index in [4.69, 9.17) is 10.2 Å². The molecule has 0 aromatic rings. The highest BCUT2D eigenvalue weighted by Gasteiger charge is 2.21. The van der Waals surface area contributed by atoms with Crippen LogP contribution < -0.4 is 0 Å². The first-order chi connectivity index (χ1) is 5.27. The van der Waals surface area contributed by atoms with Crippen molar-refractivity contribution in [3.05, 3.63) is 0 Å². The van der Waals surface area contributed by atoms with Gasteiger partial charge in [0.1, 0.15) is 15.0 Å². The van der Waals surface area contributed by atoms with E-state index in [1.807, 2.05) is 0 Å². The molecule has 0 unspecified atom stereocenters. The second-order valence-corrected chi connectivity index (χ2v) is 12.5. The lowest BCUT2D eigenvalue weighted by atomic mass is 11.6. The summed E-state index contributed by atoms with van der Waals surface area (Å²) in [6.07, 6.45) is 0. The molecule has 0 aromatic carbocycles. The highest BCUT2D eigenvalue weighted by atomic mass is 28.4. The van der Waals surface area contributed by atoms with E-state index in [9.17, 15) is 0 Å². The van der Waals surface area contributed by atoms with Gasteiger partial charge < -0.3 is 14.4 Å². The van der Waals surface area contributed by atoms with Crippen LogP contribution in [0.2, 0.25) is 32.7 Å². The highest BCUT2D eigenvalue weighted by molar-refractivity contribution is 6.82. The van der Waals surface area contributed by atoms with Crippen molar-refractivity contribution in [2.75, 3.05) is 13.8 Å². The topological polar surface area (TPSA) is 43.7 Å². The number of rotatable bonds is 2. The van der Waals surface area contributed by atoms with Crippen molar-refractivity contribution in [3.8, 4) is 0 Å².